The molecule has 1 aliphatic heterocycles. The SMILES string of the molecule is CN(C(=O)CN1CCN(c2ccc(O)cc2)CC1)[C@@H]1CCCc2ccccc21. The molecule has 0 bridgehead atoms. The van der Waals surface area contributed by atoms with Crippen molar-refractivity contribution in [2.24, 2.45) is 0 Å². The molecular weight excluding hydrogens is 350 g/mol. The maximum absolute atomic E-state index is 13.0. The Bertz CT molecular complexity index is 813. The summed E-state index contributed by atoms with van der Waals surface area (Å²) in [7, 11) is 1.96. The third-order valence-corrected chi connectivity index (χ3v) is 6.14. The fraction of sp³-hybridized carbons (Fsp3) is 0.435. The number of fused-ring (bicyclic) bond motifs is 1. The van der Waals surface area contributed by atoms with Crippen LogP contribution in [0.25, 0.3) is 0 Å². The van der Waals surface area contributed by atoms with Crippen LogP contribution in [0.4, 0.5) is 5.69 Å². The lowest BCUT2D eigenvalue weighted by atomic mass is 9.87. The molecule has 0 radical (unpaired) electrons. The predicted molar refractivity (Wildman–Crippen MR) is 112 cm³/mol. The molecule has 2 aromatic rings. The summed E-state index contributed by atoms with van der Waals surface area (Å²) in [6, 6.07) is 16.1. The molecule has 1 aliphatic carbocycles. The number of likely N-dealkylation sites (N-methyl/N-ethyl adjacent to an activating group) is 1. The van der Waals surface area contributed by atoms with Crippen LogP contribution in [0.3, 0.4) is 0 Å². The van der Waals surface area contributed by atoms with E-state index < -0.39 is 0 Å². The maximum Gasteiger partial charge on any atom is 0.237 e. The number of anilines is 1. The highest BCUT2D eigenvalue weighted by Gasteiger charge is 2.28. The van der Waals surface area contributed by atoms with Crippen molar-refractivity contribution < 1.29 is 9.90 Å². The van der Waals surface area contributed by atoms with Gasteiger partial charge in [-0.05, 0) is 54.7 Å². The Morgan fingerprint density at radius 1 is 1.07 bits per heavy atom. The fourth-order valence-electron chi connectivity index (χ4n) is 4.43. The Kier molecular flexibility index (Phi) is 5.53. The van der Waals surface area contributed by atoms with Crippen LogP contribution in [0.15, 0.2) is 48.5 Å². The van der Waals surface area contributed by atoms with Crippen LogP contribution in [-0.2, 0) is 11.2 Å². The van der Waals surface area contributed by atoms with Gasteiger partial charge in [-0.3, -0.25) is 9.69 Å². The first-order chi connectivity index (χ1) is 13.6. The Hall–Kier alpha value is -2.53. The summed E-state index contributed by atoms with van der Waals surface area (Å²) in [6.45, 7) is 4.03. The van der Waals surface area contributed by atoms with E-state index >= 15 is 0 Å². The normalized spacial score (nSPS) is 19.9. The summed E-state index contributed by atoms with van der Waals surface area (Å²) in [4.78, 5) is 19.5. The second kappa shape index (κ2) is 8.23. The number of phenols is 1. The Labute approximate surface area is 167 Å². The molecule has 2 aliphatic rings. The van der Waals surface area contributed by atoms with Crippen molar-refractivity contribution in [3.8, 4) is 5.75 Å². The summed E-state index contributed by atoms with van der Waals surface area (Å²) in [5.41, 5.74) is 3.84. The van der Waals surface area contributed by atoms with Crippen LogP contribution in [0.5, 0.6) is 5.75 Å². The van der Waals surface area contributed by atoms with Gasteiger partial charge >= 0.3 is 0 Å². The number of aryl methyl sites for hydroxylation is 1. The average Bonchev–Trinajstić information content (AvgIpc) is 2.74. The number of phenolic OH excluding ortho intramolecular Hbond substituents is 1. The molecule has 0 spiro atoms. The van der Waals surface area contributed by atoms with E-state index in [9.17, 15) is 9.90 Å². The quantitative estimate of drug-likeness (QED) is 0.887. The molecule has 4 rings (SSSR count). The molecule has 0 aromatic heterocycles. The smallest absolute Gasteiger partial charge is 0.237 e. The number of benzene rings is 2. The molecule has 1 fully saturated rings. The van der Waals surface area contributed by atoms with Gasteiger partial charge in [0, 0.05) is 38.9 Å². The van der Waals surface area contributed by atoms with Gasteiger partial charge in [-0.2, -0.15) is 0 Å². The highest BCUT2D eigenvalue weighted by Crippen LogP contribution is 2.33. The van der Waals surface area contributed by atoms with E-state index in [2.05, 4.69) is 34.1 Å². The Morgan fingerprint density at radius 2 is 1.79 bits per heavy atom. The molecule has 1 atom stereocenters. The molecule has 0 saturated carbocycles. The molecule has 148 valence electrons. The summed E-state index contributed by atoms with van der Waals surface area (Å²) < 4.78 is 0. The molecule has 1 amide bonds. The molecule has 2 aromatic carbocycles. The summed E-state index contributed by atoms with van der Waals surface area (Å²) in [5, 5.41) is 9.45. The van der Waals surface area contributed by atoms with Crippen molar-refractivity contribution >= 4 is 11.6 Å². The van der Waals surface area contributed by atoms with Crippen LogP contribution in [0, 0.1) is 0 Å². The highest BCUT2D eigenvalue weighted by molar-refractivity contribution is 5.78. The molecule has 0 unspecified atom stereocenters. The van der Waals surface area contributed by atoms with Gasteiger partial charge in [-0.1, -0.05) is 24.3 Å². The van der Waals surface area contributed by atoms with Crippen LogP contribution in [0.1, 0.15) is 30.0 Å². The van der Waals surface area contributed by atoms with Gasteiger partial charge in [-0.25, -0.2) is 0 Å². The van der Waals surface area contributed by atoms with Crippen molar-refractivity contribution in [3.63, 3.8) is 0 Å². The molecule has 1 N–H and O–H groups in total. The maximum atomic E-state index is 13.0. The number of hydrogen-bond donors (Lipinski definition) is 1. The van der Waals surface area contributed by atoms with Crippen molar-refractivity contribution in [2.45, 2.75) is 25.3 Å². The van der Waals surface area contributed by atoms with E-state index in [0.717, 1.165) is 51.1 Å². The van der Waals surface area contributed by atoms with E-state index in [4.69, 9.17) is 0 Å². The lowest BCUT2D eigenvalue weighted by Crippen LogP contribution is -2.50. The number of aromatic hydroxyl groups is 1. The van der Waals surface area contributed by atoms with Crippen LogP contribution < -0.4 is 4.90 Å². The number of amides is 1. The summed E-state index contributed by atoms with van der Waals surface area (Å²) in [6.07, 6.45) is 3.31. The average molecular weight is 380 g/mol. The third kappa shape index (κ3) is 3.99. The minimum absolute atomic E-state index is 0.204. The molecular formula is C23H29N3O2. The highest BCUT2D eigenvalue weighted by atomic mass is 16.3. The lowest BCUT2D eigenvalue weighted by Gasteiger charge is -2.38. The van der Waals surface area contributed by atoms with Crippen molar-refractivity contribution in [2.75, 3.05) is 44.7 Å². The van der Waals surface area contributed by atoms with Gasteiger partial charge in [-0.15, -0.1) is 0 Å². The third-order valence-electron chi connectivity index (χ3n) is 6.14. The number of nitrogens with zero attached hydrogens (tertiary/aromatic N) is 3. The van der Waals surface area contributed by atoms with Crippen LogP contribution >= 0.6 is 0 Å². The van der Waals surface area contributed by atoms with Crippen molar-refractivity contribution in [1.82, 2.24) is 9.80 Å². The molecule has 5 nitrogen and oxygen atoms in total. The second-order valence-electron chi connectivity index (χ2n) is 7.89. The first kappa shape index (κ1) is 18.8. The van der Waals surface area contributed by atoms with E-state index in [-0.39, 0.29) is 11.9 Å². The van der Waals surface area contributed by atoms with Crippen molar-refractivity contribution in [1.29, 1.82) is 0 Å². The van der Waals surface area contributed by atoms with E-state index in [1.54, 1.807) is 12.1 Å². The summed E-state index contributed by atoms with van der Waals surface area (Å²) in [5.74, 6) is 0.500. The minimum atomic E-state index is 0.204. The van der Waals surface area contributed by atoms with Crippen LogP contribution in [-0.4, -0.2) is 60.6 Å². The fourth-order valence-corrected chi connectivity index (χ4v) is 4.43. The standard InChI is InChI=1S/C23H29N3O2/c1-24(22-8-4-6-18-5-2-3-7-21(18)22)23(28)17-25-13-15-26(16-14-25)19-9-11-20(27)12-10-19/h2-3,5,7,9-12,22,27H,4,6,8,13-17H2,1H3/t22-/m1/s1. The second-order valence-corrected chi connectivity index (χ2v) is 7.89. The topological polar surface area (TPSA) is 47.0 Å². The van der Waals surface area contributed by atoms with E-state index in [1.165, 1.54) is 11.1 Å². The van der Waals surface area contributed by atoms with Crippen molar-refractivity contribution in [3.05, 3.63) is 59.7 Å². The molecule has 28 heavy (non-hydrogen) atoms. The van der Waals surface area contributed by atoms with Gasteiger partial charge in [0.25, 0.3) is 0 Å². The molecule has 1 saturated heterocycles. The number of hydrogen-bond acceptors (Lipinski definition) is 4. The van der Waals surface area contributed by atoms with E-state index in [1.807, 2.05) is 24.1 Å². The summed E-state index contributed by atoms with van der Waals surface area (Å²) >= 11 is 0. The Balaban J connectivity index is 1.33. The lowest BCUT2D eigenvalue weighted by molar-refractivity contribution is -0.133. The first-order valence-corrected chi connectivity index (χ1v) is 10.2. The van der Waals surface area contributed by atoms with Crippen LogP contribution in [0.2, 0.25) is 0 Å². The minimum Gasteiger partial charge on any atom is -0.508 e. The van der Waals surface area contributed by atoms with Gasteiger partial charge in [0.05, 0.1) is 12.6 Å². The predicted octanol–water partition coefficient (Wildman–Crippen LogP) is 3.05. The first-order valence-electron chi connectivity index (χ1n) is 10.2. The number of carbonyl (C=O) groups excluding carboxylic acids is 1. The van der Waals surface area contributed by atoms with Gasteiger partial charge in [0.1, 0.15) is 5.75 Å². The zero-order chi connectivity index (χ0) is 19.5. The number of piperazine rings is 1. The monoisotopic (exact) mass is 379 g/mol. The number of carbonyl (C=O) groups is 1. The van der Waals surface area contributed by atoms with Gasteiger partial charge in [0.15, 0.2) is 0 Å². The van der Waals surface area contributed by atoms with Gasteiger partial charge < -0.3 is 14.9 Å². The van der Waals surface area contributed by atoms with Gasteiger partial charge in [0.2, 0.25) is 5.91 Å². The largest absolute Gasteiger partial charge is 0.508 e. The molecule has 5 heteroatoms. The Morgan fingerprint density at radius 3 is 2.54 bits per heavy atom. The zero-order valence-corrected chi connectivity index (χ0v) is 16.6. The molecule has 1 heterocycles. The van der Waals surface area contributed by atoms with E-state index in [0.29, 0.717) is 12.3 Å². The number of rotatable bonds is 4. The zero-order valence-electron chi connectivity index (χ0n) is 16.6.